The summed E-state index contributed by atoms with van der Waals surface area (Å²) in [5.41, 5.74) is 5.63. The average molecular weight is 487 g/mol. The van der Waals surface area contributed by atoms with Gasteiger partial charge in [0.25, 0.3) is 0 Å². The lowest BCUT2D eigenvalue weighted by Gasteiger charge is -2.28. The fourth-order valence-electron chi connectivity index (χ4n) is 4.29. The quantitative estimate of drug-likeness (QED) is 0.362. The summed E-state index contributed by atoms with van der Waals surface area (Å²) in [6.45, 7) is 4.93. The first kappa shape index (κ1) is 23.4. The molecule has 0 bridgehead atoms. The number of fused-ring (bicyclic) bond motifs is 1. The number of benzene rings is 2. The van der Waals surface area contributed by atoms with Crippen LogP contribution >= 0.6 is 11.6 Å². The van der Waals surface area contributed by atoms with Crippen LogP contribution in [0, 0.1) is 0 Å². The third-order valence-electron chi connectivity index (χ3n) is 6.24. The maximum absolute atomic E-state index is 12.6. The highest BCUT2D eigenvalue weighted by molar-refractivity contribution is 6.31. The largest absolute Gasteiger partial charge is 0.378 e. The summed E-state index contributed by atoms with van der Waals surface area (Å²) >= 11 is 6.21. The van der Waals surface area contributed by atoms with E-state index in [1.165, 1.54) is 5.56 Å². The molecule has 0 saturated carbocycles. The van der Waals surface area contributed by atoms with Crippen LogP contribution in [0.1, 0.15) is 23.6 Å². The first-order valence-corrected chi connectivity index (χ1v) is 12.3. The summed E-state index contributed by atoms with van der Waals surface area (Å²) in [5.74, 6) is 1.59. The predicted octanol–water partition coefficient (Wildman–Crippen LogP) is 5.10. The Bertz CT molecular complexity index is 1330. The van der Waals surface area contributed by atoms with Crippen molar-refractivity contribution in [3.63, 3.8) is 0 Å². The molecule has 0 N–H and O–H groups in total. The topological polar surface area (TPSA) is 68.2 Å². The Morgan fingerprint density at radius 2 is 1.57 bits per heavy atom. The lowest BCUT2D eigenvalue weighted by Crippen LogP contribution is -2.37. The molecule has 2 aromatic carbocycles. The Kier molecular flexibility index (Phi) is 7.02. The van der Waals surface area contributed by atoms with E-state index in [0.717, 1.165) is 47.5 Å². The Balaban J connectivity index is 1.36. The van der Waals surface area contributed by atoms with Crippen molar-refractivity contribution in [2.45, 2.75) is 26.2 Å². The van der Waals surface area contributed by atoms with Crippen LogP contribution in [-0.2, 0) is 28.8 Å². The van der Waals surface area contributed by atoms with Crippen molar-refractivity contribution in [2.75, 3.05) is 31.2 Å². The number of nitrogens with zero attached hydrogens (tertiary/aromatic N) is 4. The number of ketones is 1. The number of anilines is 1. The summed E-state index contributed by atoms with van der Waals surface area (Å²) in [6, 6.07) is 18.0. The van der Waals surface area contributed by atoms with Crippen molar-refractivity contribution >= 4 is 34.2 Å². The van der Waals surface area contributed by atoms with Crippen molar-refractivity contribution in [1.82, 2.24) is 15.0 Å². The van der Waals surface area contributed by atoms with Gasteiger partial charge in [0, 0.05) is 37.7 Å². The molecule has 0 atom stereocenters. The number of morpholine rings is 1. The molecule has 35 heavy (non-hydrogen) atoms. The normalized spacial score (nSPS) is 13.8. The number of hydrogen-bond donors (Lipinski definition) is 0. The first-order chi connectivity index (χ1) is 17.1. The van der Waals surface area contributed by atoms with Gasteiger partial charge in [0.05, 0.1) is 23.8 Å². The molecule has 1 fully saturated rings. The van der Waals surface area contributed by atoms with E-state index in [9.17, 15) is 4.79 Å². The molecule has 0 radical (unpaired) electrons. The zero-order chi connectivity index (χ0) is 24.2. The molecule has 0 amide bonds. The minimum atomic E-state index is 0.194. The molecule has 0 spiro atoms. The summed E-state index contributed by atoms with van der Waals surface area (Å²) in [5, 5.41) is 0.535. The van der Waals surface area contributed by atoms with Gasteiger partial charge >= 0.3 is 0 Å². The number of Topliss-reactive ketones (excluding diaryl/α,β-unsaturated/α-hetero) is 1. The molecule has 178 valence electrons. The number of carbonyl (C=O) groups excluding carboxylic acids is 1. The number of aromatic nitrogens is 3. The molecule has 0 aliphatic carbocycles. The van der Waals surface area contributed by atoms with Crippen molar-refractivity contribution in [3.8, 4) is 11.4 Å². The first-order valence-electron chi connectivity index (χ1n) is 11.9. The highest BCUT2D eigenvalue weighted by atomic mass is 35.5. The smallest absolute Gasteiger partial charge is 0.162 e. The van der Waals surface area contributed by atoms with Crippen molar-refractivity contribution in [2.24, 2.45) is 0 Å². The molecule has 7 heteroatoms. The van der Waals surface area contributed by atoms with Crippen LogP contribution < -0.4 is 4.90 Å². The van der Waals surface area contributed by atoms with Crippen molar-refractivity contribution in [1.29, 1.82) is 0 Å². The Labute approximate surface area is 210 Å². The molecule has 1 saturated heterocycles. The number of aryl methyl sites for hydroxylation is 1. The Hall–Kier alpha value is -3.35. The molecule has 1 aliphatic rings. The third kappa shape index (κ3) is 5.50. The van der Waals surface area contributed by atoms with Crippen LogP contribution in [0.5, 0.6) is 0 Å². The van der Waals surface area contributed by atoms with E-state index in [1.807, 2.05) is 42.5 Å². The third-order valence-corrected chi connectivity index (χ3v) is 6.45. The second kappa shape index (κ2) is 10.5. The summed E-state index contributed by atoms with van der Waals surface area (Å²) < 4.78 is 5.51. The summed E-state index contributed by atoms with van der Waals surface area (Å²) in [6.07, 6.45) is 3.46. The van der Waals surface area contributed by atoms with Gasteiger partial charge in [-0.25, -0.2) is 15.0 Å². The molecule has 4 aromatic rings. The zero-order valence-electron chi connectivity index (χ0n) is 19.7. The van der Waals surface area contributed by atoms with E-state index in [2.05, 4.69) is 28.9 Å². The summed E-state index contributed by atoms with van der Waals surface area (Å²) in [4.78, 5) is 28.9. The van der Waals surface area contributed by atoms with Gasteiger partial charge in [-0.15, -0.1) is 0 Å². The Morgan fingerprint density at radius 3 is 2.23 bits per heavy atom. The SMILES string of the molecule is CCc1ccc(CC(=O)Cc2ccc(-c3nc(N4CCOCC4)c4ncc(Cl)cc4n3)cc2)cc1. The molecular formula is C28H27ClN4O2. The van der Waals surface area contributed by atoms with E-state index in [-0.39, 0.29) is 5.78 Å². The van der Waals surface area contributed by atoms with E-state index in [4.69, 9.17) is 26.3 Å². The molecular weight excluding hydrogens is 460 g/mol. The molecule has 1 aliphatic heterocycles. The second-order valence-corrected chi connectivity index (χ2v) is 9.19. The van der Waals surface area contributed by atoms with Gasteiger partial charge in [-0.2, -0.15) is 0 Å². The predicted molar refractivity (Wildman–Crippen MR) is 139 cm³/mol. The maximum atomic E-state index is 12.6. The number of carbonyl (C=O) groups is 1. The van der Waals surface area contributed by atoms with Crippen LogP contribution in [-0.4, -0.2) is 47.0 Å². The average Bonchev–Trinajstić information content (AvgIpc) is 2.89. The van der Waals surface area contributed by atoms with Crippen LogP contribution in [0.2, 0.25) is 5.02 Å². The van der Waals surface area contributed by atoms with Crippen molar-refractivity contribution in [3.05, 3.63) is 82.5 Å². The van der Waals surface area contributed by atoms with Gasteiger partial charge in [0.2, 0.25) is 0 Å². The highest BCUT2D eigenvalue weighted by Gasteiger charge is 2.19. The van der Waals surface area contributed by atoms with E-state index >= 15 is 0 Å². The number of hydrogen-bond acceptors (Lipinski definition) is 6. The molecule has 6 nitrogen and oxygen atoms in total. The summed E-state index contributed by atoms with van der Waals surface area (Å²) in [7, 11) is 0. The lowest BCUT2D eigenvalue weighted by atomic mass is 10.0. The van der Waals surface area contributed by atoms with Crippen LogP contribution in [0.15, 0.2) is 60.8 Å². The lowest BCUT2D eigenvalue weighted by molar-refractivity contribution is -0.117. The van der Waals surface area contributed by atoms with E-state index in [0.29, 0.717) is 42.4 Å². The number of rotatable bonds is 7. The van der Waals surface area contributed by atoms with Crippen molar-refractivity contribution < 1.29 is 9.53 Å². The monoisotopic (exact) mass is 486 g/mol. The fourth-order valence-corrected chi connectivity index (χ4v) is 4.44. The molecule has 3 heterocycles. The van der Waals surface area contributed by atoms with Crippen LogP contribution in [0.25, 0.3) is 22.4 Å². The minimum absolute atomic E-state index is 0.194. The number of ether oxygens (including phenoxy) is 1. The molecule has 5 rings (SSSR count). The van der Waals surface area contributed by atoms with Crippen LogP contribution in [0.3, 0.4) is 0 Å². The van der Waals surface area contributed by atoms with Gasteiger partial charge in [0.1, 0.15) is 11.3 Å². The van der Waals surface area contributed by atoms with Gasteiger partial charge in [0.15, 0.2) is 11.6 Å². The maximum Gasteiger partial charge on any atom is 0.162 e. The number of pyridine rings is 1. The van der Waals surface area contributed by atoms with E-state index in [1.54, 1.807) is 6.20 Å². The minimum Gasteiger partial charge on any atom is -0.378 e. The zero-order valence-corrected chi connectivity index (χ0v) is 20.5. The van der Waals surface area contributed by atoms with E-state index < -0.39 is 0 Å². The Morgan fingerprint density at radius 1 is 0.943 bits per heavy atom. The second-order valence-electron chi connectivity index (χ2n) is 8.75. The molecule has 0 unspecified atom stereocenters. The van der Waals surface area contributed by atoms with Crippen LogP contribution in [0.4, 0.5) is 5.82 Å². The van der Waals surface area contributed by atoms with Gasteiger partial charge in [-0.3, -0.25) is 4.79 Å². The highest BCUT2D eigenvalue weighted by Crippen LogP contribution is 2.28. The van der Waals surface area contributed by atoms with Gasteiger partial charge < -0.3 is 9.64 Å². The standard InChI is InChI=1S/C28H27ClN4O2/c1-2-19-3-5-20(6-4-19)15-24(34)16-21-7-9-22(10-8-21)27-31-25-17-23(29)18-30-26(25)28(32-27)33-11-13-35-14-12-33/h3-10,17-18H,2,11-16H2,1H3. The van der Waals surface area contributed by atoms with Gasteiger partial charge in [-0.1, -0.05) is 67.1 Å². The number of halogens is 1. The van der Waals surface area contributed by atoms with Gasteiger partial charge in [-0.05, 0) is 29.2 Å². The molecule has 2 aromatic heterocycles. The fraction of sp³-hybridized carbons (Fsp3) is 0.286.